The molecule has 0 fully saturated rings. The van der Waals surface area contributed by atoms with E-state index in [-0.39, 0.29) is 0 Å². The maximum atomic E-state index is 5.60. The van der Waals surface area contributed by atoms with Crippen molar-refractivity contribution in [2.45, 2.75) is 13.0 Å². The molecule has 90 valence electrons. The number of ether oxygens (including phenoxy) is 1. The van der Waals surface area contributed by atoms with Crippen molar-refractivity contribution < 1.29 is 4.74 Å². The van der Waals surface area contributed by atoms with Crippen molar-refractivity contribution in [2.75, 3.05) is 13.2 Å². The molecule has 0 spiro atoms. The smallest absolute Gasteiger partial charge is 0.119 e. The molecule has 0 aliphatic rings. The molecule has 2 aromatic rings. The van der Waals surface area contributed by atoms with E-state index in [0.29, 0.717) is 12.6 Å². The largest absolute Gasteiger partial charge is 0.492 e. The second kappa shape index (κ2) is 6.37. The molecule has 1 aromatic heterocycles. The molecule has 1 aromatic carbocycles. The Hall–Kier alpha value is -1.39. The normalized spacial score (nSPS) is 12.3. The molecule has 1 unspecified atom stereocenters. The van der Waals surface area contributed by atoms with Gasteiger partial charge in [0, 0.05) is 23.7 Å². The predicted molar refractivity (Wildman–Crippen MR) is 70.5 cm³/mol. The van der Waals surface area contributed by atoms with Crippen molar-refractivity contribution in [1.29, 1.82) is 0 Å². The Morgan fingerprint density at radius 2 is 2.18 bits per heavy atom. The van der Waals surface area contributed by atoms with Gasteiger partial charge in [0.1, 0.15) is 12.4 Å². The summed E-state index contributed by atoms with van der Waals surface area (Å²) in [7, 11) is 0. The van der Waals surface area contributed by atoms with Crippen LogP contribution >= 0.6 is 11.3 Å². The van der Waals surface area contributed by atoms with E-state index in [1.165, 1.54) is 4.88 Å². The summed E-state index contributed by atoms with van der Waals surface area (Å²) in [5, 5.41) is 3.40. The number of hydrogen-bond acceptors (Lipinski definition) is 4. The molecule has 0 amide bonds. The number of aromatic nitrogens is 1. The van der Waals surface area contributed by atoms with Crippen molar-refractivity contribution >= 4 is 11.3 Å². The highest BCUT2D eigenvalue weighted by Crippen LogP contribution is 2.15. The van der Waals surface area contributed by atoms with Gasteiger partial charge >= 0.3 is 0 Å². The fourth-order valence-corrected chi connectivity index (χ4v) is 2.15. The van der Waals surface area contributed by atoms with Gasteiger partial charge in [0.25, 0.3) is 0 Å². The first kappa shape index (κ1) is 12.1. The minimum atomic E-state index is 0.335. The maximum absolute atomic E-state index is 5.60. The zero-order valence-corrected chi connectivity index (χ0v) is 10.6. The van der Waals surface area contributed by atoms with Crippen molar-refractivity contribution in [1.82, 2.24) is 10.3 Å². The number of nitrogens with one attached hydrogen (secondary N) is 1. The van der Waals surface area contributed by atoms with Gasteiger partial charge in [-0.3, -0.25) is 4.98 Å². The van der Waals surface area contributed by atoms with Crippen LogP contribution in [0.4, 0.5) is 0 Å². The van der Waals surface area contributed by atoms with Gasteiger partial charge in [0.05, 0.1) is 5.51 Å². The highest BCUT2D eigenvalue weighted by molar-refractivity contribution is 7.09. The van der Waals surface area contributed by atoms with Crippen LogP contribution in [0.25, 0.3) is 0 Å². The second-order valence-electron chi connectivity index (χ2n) is 3.74. The molecule has 0 radical (unpaired) electrons. The van der Waals surface area contributed by atoms with Gasteiger partial charge < -0.3 is 10.1 Å². The molecule has 0 aliphatic carbocycles. The van der Waals surface area contributed by atoms with E-state index >= 15 is 0 Å². The molecule has 1 atom stereocenters. The minimum Gasteiger partial charge on any atom is -0.492 e. The topological polar surface area (TPSA) is 34.1 Å². The summed E-state index contributed by atoms with van der Waals surface area (Å²) < 4.78 is 5.60. The summed E-state index contributed by atoms with van der Waals surface area (Å²) in [6.45, 7) is 3.64. The Morgan fingerprint density at radius 1 is 1.35 bits per heavy atom. The van der Waals surface area contributed by atoms with Crippen LogP contribution in [0.2, 0.25) is 0 Å². The molecule has 0 bridgehead atoms. The van der Waals surface area contributed by atoms with Crippen molar-refractivity contribution in [3.63, 3.8) is 0 Å². The Labute approximate surface area is 105 Å². The van der Waals surface area contributed by atoms with Crippen LogP contribution in [0.15, 0.2) is 42.0 Å². The second-order valence-corrected chi connectivity index (χ2v) is 4.66. The molecule has 1 N–H and O–H groups in total. The van der Waals surface area contributed by atoms with E-state index < -0.39 is 0 Å². The average Bonchev–Trinajstić information content (AvgIpc) is 2.89. The summed E-state index contributed by atoms with van der Waals surface area (Å²) in [6, 6.07) is 10.2. The molecule has 17 heavy (non-hydrogen) atoms. The van der Waals surface area contributed by atoms with Crippen LogP contribution in [0.3, 0.4) is 0 Å². The van der Waals surface area contributed by atoms with Crippen LogP contribution < -0.4 is 10.1 Å². The highest BCUT2D eigenvalue weighted by Gasteiger charge is 2.05. The third kappa shape index (κ3) is 3.84. The van der Waals surface area contributed by atoms with Gasteiger partial charge in [-0.1, -0.05) is 18.2 Å². The molecular weight excluding hydrogens is 232 g/mol. The van der Waals surface area contributed by atoms with Gasteiger partial charge in [0.15, 0.2) is 0 Å². The zero-order chi connectivity index (χ0) is 11.9. The first-order chi connectivity index (χ1) is 8.36. The molecule has 4 heteroatoms. The monoisotopic (exact) mass is 248 g/mol. The summed E-state index contributed by atoms with van der Waals surface area (Å²) in [4.78, 5) is 5.32. The van der Waals surface area contributed by atoms with E-state index in [0.717, 1.165) is 12.3 Å². The SMILES string of the molecule is CC(NCCOc1ccccc1)c1cncs1. The summed E-state index contributed by atoms with van der Waals surface area (Å²) in [5.74, 6) is 0.916. The quantitative estimate of drug-likeness (QED) is 0.798. The first-order valence-electron chi connectivity index (χ1n) is 5.66. The number of thiazole rings is 1. The summed E-state index contributed by atoms with van der Waals surface area (Å²) in [5.41, 5.74) is 1.86. The fourth-order valence-electron chi connectivity index (χ4n) is 1.50. The van der Waals surface area contributed by atoms with Crippen molar-refractivity contribution in [3.8, 4) is 5.75 Å². The molecule has 0 saturated heterocycles. The number of nitrogens with zero attached hydrogens (tertiary/aromatic N) is 1. The Kier molecular flexibility index (Phi) is 4.53. The van der Waals surface area contributed by atoms with Gasteiger partial charge in [-0.2, -0.15) is 0 Å². The number of rotatable bonds is 6. The summed E-state index contributed by atoms with van der Waals surface area (Å²) in [6.07, 6.45) is 1.90. The lowest BCUT2D eigenvalue weighted by Crippen LogP contribution is -2.23. The van der Waals surface area contributed by atoms with Gasteiger partial charge in [-0.05, 0) is 19.1 Å². The molecule has 0 aliphatic heterocycles. The number of benzene rings is 1. The zero-order valence-electron chi connectivity index (χ0n) is 9.80. The van der Waals surface area contributed by atoms with Crippen molar-refractivity contribution in [2.24, 2.45) is 0 Å². The van der Waals surface area contributed by atoms with E-state index in [9.17, 15) is 0 Å². The van der Waals surface area contributed by atoms with Crippen LogP contribution in [0, 0.1) is 0 Å². The predicted octanol–water partition coefficient (Wildman–Crippen LogP) is 2.87. The van der Waals surface area contributed by atoms with Crippen LogP contribution in [0.5, 0.6) is 5.75 Å². The van der Waals surface area contributed by atoms with Gasteiger partial charge in [-0.15, -0.1) is 11.3 Å². The Balaban J connectivity index is 1.67. The van der Waals surface area contributed by atoms with E-state index in [1.807, 2.05) is 42.0 Å². The van der Waals surface area contributed by atoms with Gasteiger partial charge in [0.2, 0.25) is 0 Å². The lowest BCUT2D eigenvalue weighted by molar-refractivity contribution is 0.308. The number of para-hydroxylation sites is 1. The Morgan fingerprint density at radius 3 is 2.88 bits per heavy atom. The molecule has 3 nitrogen and oxygen atoms in total. The third-order valence-electron chi connectivity index (χ3n) is 2.44. The van der Waals surface area contributed by atoms with Crippen molar-refractivity contribution in [3.05, 3.63) is 46.9 Å². The average molecular weight is 248 g/mol. The van der Waals surface area contributed by atoms with E-state index in [2.05, 4.69) is 17.2 Å². The minimum absolute atomic E-state index is 0.335. The van der Waals surface area contributed by atoms with Crippen LogP contribution in [-0.4, -0.2) is 18.1 Å². The number of hydrogen-bond donors (Lipinski definition) is 1. The molecule has 2 rings (SSSR count). The van der Waals surface area contributed by atoms with Crippen LogP contribution in [0.1, 0.15) is 17.8 Å². The third-order valence-corrected chi connectivity index (χ3v) is 3.40. The van der Waals surface area contributed by atoms with E-state index in [1.54, 1.807) is 11.3 Å². The standard InChI is InChI=1S/C13H16N2OS/c1-11(13-9-14-10-17-13)15-7-8-16-12-5-3-2-4-6-12/h2-6,9-11,15H,7-8H2,1H3. The summed E-state index contributed by atoms with van der Waals surface area (Å²) >= 11 is 1.67. The highest BCUT2D eigenvalue weighted by atomic mass is 32.1. The molecule has 0 saturated carbocycles. The van der Waals surface area contributed by atoms with E-state index in [4.69, 9.17) is 4.74 Å². The van der Waals surface area contributed by atoms with Crippen LogP contribution in [-0.2, 0) is 0 Å². The van der Waals surface area contributed by atoms with Gasteiger partial charge in [-0.25, -0.2) is 0 Å². The first-order valence-corrected chi connectivity index (χ1v) is 6.54. The lowest BCUT2D eigenvalue weighted by atomic mass is 10.3. The lowest BCUT2D eigenvalue weighted by Gasteiger charge is -2.12. The molecular formula is C13H16N2OS. The maximum Gasteiger partial charge on any atom is 0.119 e. The molecule has 1 heterocycles. The Bertz CT molecular complexity index is 416. The fraction of sp³-hybridized carbons (Fsp3) is 0.308.